The number of piperidine rings is 1. The Morgan fingerprint density at radius 1 is 0.926 bits per heavy atom. The molecule has 0 spiro atoms. The number of hydrogen-bond donors (Lipinski definition) is 1. The van der Waals surface area contributed by atoms with E-state index in [2.05, 4.69) is 43.4 Å². The zero-order valence-electron chi connectivity index (χ0n) is 15.5. The SMILES string of the molecule is c1ccc(CNc2ncc(CN3CCCC[C@H]3c3cccnc3)cn2)cc1. The summed E-state index contributed by atoms with van der Waals surface area (Å²) in [5.74, 6) is 0.671. The lowest BCUT2D eigenvalue weighted by molar-refractivity contribution is 0.140. The van der Waals surface area contributed by atoms with E-state index < -0.39 is 0 Å². The molecule has 1 fully saturated rings. The lowest BCUT2D eigenvalue weighted by Gasteiger charge is -2.35. The Morgan fingerprint density at radius 3 is 2.56 bits per heavy atom. The highest BCUT2D eigenvalue weighted by molar-refractivity contribution is 5.28. The molecule has 1 aliphatic rings. The van der Waals surface area contributed by atoms with Gasteiger partial charge in [0.15, 0.2) is 0 Å². The Labute approximate surface area is 160 Å². The summed E-state index contributed by atoms with van der Waals surface area (Å²) in [5.41, 5.74) is 3.67. The van der Waals surface area contributed by atoms with Gasteiger partial charge in [0.25, 0.3) is 0 Å². The Morgan fingerprint density at radius 2 is 1.78 bits per heavy atom. The van der Waals surface area contributed by atoms with Crippen LogP contribution in [-0.2, 0) is 13.1 Å². The summed E-state index contributed by atoms with van der Waals surface area (Å²) < 4.78 is 0. The van der Waals surface area contributed by atoms with Crippen molar-refractivity contribution in [3.63, 3.8) is 0 Å². The van der Waals surface area contributed by atoms with Gasteiger partial charge in [-0.1, -0.05) is 42.8 Å². The Hall–Kier alpha value is -2.79. The van der Waals surface area contributed by atoms with Crippen LogP contribution in [0.5, 0.6) is 0 Å². The van der Waals surface area contributed by atoms with Gasteiger partial charge in [-0.2, -0.15) is 0 Å². The highest BCUT2D eigenvalue weighted by atomic mass is 15.2. The maximum atomic E-state index is 4.50. The molecule has 1 atom stereocenters. The molecular weight excluding hydrogens is 334 g/mol. The van der Waals surface area contributed by atoms with E-state index in [0.717, 1.165) is 25.2 Å². The van der Waals surface area contributed by atoms with Gasteiger partial charge < -0.3 is 5.32 Å². The van der Waals surface area contributed by atoms with Crippen molar-refractivity contribution in [1.82, 2.24) is 19.9 Å². The van der Waals surface area contributed by atoms with Gasteiger partial charge in [-0.3, -0.25) is 9.88 Å². The molecule has 4 rings (SSSR count). The van der Waals surface area contributed by atoms with Crippen LogP contribution >= 0.6 is 0 Å². The summed E-state index contributed by atoms with van der Waals surface area (Å²) in [6.45, 7) is 2.71. The van der Waals surface area contributed by atoms with Crippen molar-refractivity contribution in [3.8, 4) is 0 Å². The monoisotopic (exact) mass is 359 g/mol. The molecule has 0 bridgehead atoms. The van der Waals surface area contributed by atoms with Crippen molar-refractivity contribution in [3.05, 3.63) is 83.9 Å². The Bertz CT molecular complexity index is 820. The minimum Gasteiger partial charge on any atom is -0.350 e. The van der Waals surface area contributed by atoms with E-state index in [9.17, 15) is 0 Å². The molecule has 0 unspecified atom stereocenters. The van der Waals surface area contributed by atoms with Crippen LogP contribution in [0.3, 0.4) is 0 Å². The van der Waals surface area contributed by atoms with E-state index in [1.54, 1.807) is 0 Å². The number of pyridine rings is 1. The van der Waals surface area contributed by atoms with Gasteiger partial charge in [0.2, 0.25) is 5.95 Å². The second kappa shape index (κ2) is 8.73. The number of likely N-dealkylation sites (tertiary alicyclic amines) is 1. The number of hydrogen-bond acceptors (Lipinski definition) is 5. The van der Waals surface area contributed by atoms with E-state index in [-0.39, 0.29) is 0 Å². The van der Waals surface area contributed by atoms with Crippen molar-refractivity contribution >= 4 is 5.95 Å². The first-order valence-electron chi connectivity index (χ1n) is 9.61. The smallest absolute Gasteiger partial charge is 0.222 e. The summed E-state index contributed by atoms with van der Waals surface area (Å²) >= 11 is 0. The Kier molecular flexibility index (Phi) is 5.70. The molecule has 1 aliphatic heterocycles. The predicted octanol–water partition coefficient (Wildman–Crippen LogP) is 4.21. The van der Waals surface area contributed by atoms with E-state index in [0.29, 0.717) is 12.0 Å². The molecule has 2 aromatic heterocycles. The van der Waals surface area contributed by atoms with E-state index in [1.807, 2.05) is 49.1 Å². The molecule has 27 heavy (non-hydrogen) atoms. The van der Waals surface area contributed by atoms with Crippen molar-refractivity contribution < 1.29 is 0 Å². The van der Waals surface area contributed by atoms with Crippen molar-refractivity contribution in [2.75, 3.05) is 11.9 Å². The maximum Gasteiger partial charge on any atom is 0.222 e. The van der Waals surface area contributed by atoms with Crippen LogP contribution in [-0.4, -0.2) is 26.4 Å². The van der Waals surface area contributed by atoms with Crippen LogP contribution in [0.15, 0.2) is 67.3 Å². The number of nitrogens with zero attached hydrogens (tertiary/aromatic N) is 4. The average molecular weight is 359 g/mol. The third-order valence-electron chi connectivity index (χ3n) is 5.07. The molecule has 3 aromatic rings. The highest BCUT2D eigenvalue weighted by Gasteiger charge is 2.24. The molecule has 0 amide bonds. The third-order valence-corrected chi connectivity index (χ3v) is 5.07. The van der Waals surface area contributed by atoms with Crippen LogP contribution in [0.4, 0.5) is 5.95 Å². The quantitative estimate of drug-likeness (QED) is 0.714. The second-order valence-corrected chi connectivity index (χ2v) is 7.02. The van der Waals surface area contributed by atoms with Gasteiger partial charge in [0.05, 0.1) is 0 Å². The molecular formula is C22H25N5. The first-order valence-corrected chi connectivity index (χ1v) is 9.61. The molecule has 3 heterocycles. The second-order valence-electron chi connectivity index (χ2n) is 7.02. The van der Waals surface area contributed by atoms with E-state index >= 15 is 0 Å². The molecule has 1 aromatic carbocycles. The summed E-state index contributed by atoms with van der Waals surface area (Å²) in [4.78, 5) is 15.8. The van der Waals surface area contributed by atoms with Gasteiger partial charge in [-0.25, -0.2) is 9.97 Å². The average Bonchev–Trinajstić information content (AvgIpc) is 2.75. The molecule has 0 radical (unpaired) electrons. The van der Waals surface area contributed by atoms with Gasteiger partial charge >= 0.3 is 0 Å². The fraction of sp³-hybridized carbons (Fsp3) is 0.318. The lowest BCUT2D eigenvalue weighted by Crippen LogP contribution is -2.33. The van der Waals surface area contributed by atoms with Gasteiger partial charge in [0.1, 0.15) is 0 Å². The van der Waals surface area contributed by atoms with Gasteiger partial charge in [-0.15, -0.1) is 0 Å². The largest absolute Gasteiger partial charge is 0.350 e. The molecule has 1 saturated heterocycles. The summed E-state index contributed by atoms with van der Waals surface area (Å²) in [7, 11) is 0. The van der Waals surface area contributed by atoms with Crippen LogP contribution in [0, 0.1) is 0 Å². The van der Waals surface area contributed by atoms with Crippen LogP contribution in [0.1, 0.15) is 42.0 Å². The Balaban J connectivity index is 1.38. The minimum atomic E-state index is 0.434. The highest BCUT2D eigenvalue weighted by Crippen LogP contribution is 2.31. The first kappa shape index (κ1) is 17.6. The zero-order valence-corrected chi connectivity index (χ0v) is 15.5. The topological polar surface area (TPSA) is 53.9 Å². The number of nitrogens with one attached hydrogen (secondary N) is 1. The normalized spacial score (nSPS) is 17.6. The molecule has 5 nitrogen and oxygen atoms in total. The zero-order chi connectivity index (χ0) is 18.3. The fourth-order valence-corrected chi connectivity index (χ4v) is 3.67. The van der Waals surface area contributed by atoms with Crippen LogP contribution in [0.2, 0.25) is 0 Å². The lowest BCUT2D eigenvalue weighted by atomic mass is 9.96. The van der Waals surface area contributed by atoms with E-state index in [1.165, 1.54) is 30.4 Å². The number of rotatable bonds is 6. The maximum absolute atomic E-state index is 4.50. The summed E-state index contributed by atoms with van der Waals surface area (Å²) in [6, 6.07) is 14.9. The molecule has 5 heteroatoms. The summed E-state index contributed by atoms with van der Waals surface area (Å²) in [5, 5.41) is 3.28. The van der Waals surface area contributed by atoms with Crippen molar-refractivity contribution in [2.24, 2.45) is 0 Å². The van der Waals surface area contributed by atoms with Crippen molar-refractivity contribution in [2.45, 2.75) is 38.4 Å². The number of benzene rings is 1. The minimum absolute atomic E-state index is 0.434. The van der Waals surface area contributed by atoms with Gasteiger partial charge in [-0.05, 0) is 36.6 Å². The molecule has 0 aliphatic carbocycles. The molecule has 0 saturated carbocycles. The summed E-state index contributed by atoms with van der Waals surface area (Å²) in [6.07, 6.45) is 11.4. The van der Waals surface area contributed by atoms with Crippen LogP contribution < -0.4 is 5.32 Å². The third kappa shape index (κ3) is 4.68. The number of aromatic nitrogens is 3. The van der Waals surface area contributed by atoms with Gasteiger partial charge in [0, 0.05) is 49.5 Å². The van der Waals surface area contributed by atoms with Crippen molar-refractivity contribution in [1.29, 1.82) is 0 Å². The molecule has 1 N–H and O–H groups in total. The van der Waals surface area contributed by atoms with Crippen LogP contribution in [0.25, 0.3) is 0 Å². The first-order chi connectivity index (χ1) is 13.4. The predicted molar refractivity (Wildman–Crippen MR) is 107 cm³/mol. The fourth-order valence-electron chi connectivity index (χ4n) is 3.67. The van der Waals surface area contributed by atoms with E-state index in [4.69, 9.17) is 0 Å². The molecule has 138 valence electrons. The standard InChI is InChI=1S/C22H25N5/c1-2-7-18(8-3-1)13-24-22-25-14-19(15-26-22)17-27-12-5-4-10-21(27)20-9-6-11-23-16-20/h1-3,6-9,11,14-16,21H,4-5,10,12-13,17H2,(H,24,25,26)/t21-/m0/s1. The number of anilines is 1.